The molecule has 2 aromatic heterocycles. The Morgan fingerprint density at radius 2 is 1.83 bits per heavy atom. The lowest BCUT2D eigenvalue weighted by Crippen LogP contribution is -2.39. The zero-order valence-electron chi connectivity index (χ0n) is 22.0. The van der Waals surface area contributed by atoms with Crippen LogP contribution in [0.2, 0.25) is 0 Å². The Hall–Kier alpha value is -3.52. The fourth-order valence-electron chi connectivity index (χ4n) is 4.67. The highest BCUT2D eigenvalue weighted by Gasteiger charge is 2.32. The molecule has 8 nitrogen and oxygen atoms in total. The van der Waals surface area contributed by atoms with E-state index in [4.69, 9.17) is 4.74 Å². The molecule has 1 atom stereocenters. The van der Waals surface area contributed by atoms with Gasteiger partial charge in [-0.05, 0) is 73.4 Å². The first-order valence-electron chi connectivity index (χ1n) is 12.4. The number of H-pyrrole nitrogens is 1. The van der Waals surface area contributed by atoms with Gasteiger partial charge in [0.1, 0.15) is 5.75 Å². The van der Waals surface area contributed by atoms with Gasteiger partial charge >= 0.3 is 0 Å². The summed E-state index contributed by atoms with van der Waals surface area (Å²) in [5, 5.41) is 13.8. The second-order valence-corrected chi connectivity index (χ2v) is 10.6. The number of hydrogen-bond donors (Lipinski definition) is 1. The number of fused-ring (bicyclic) bond motifs is 1. The third-order valence-corrected chi connectivity index (χ3v) is 6.45. The molecule has 190 valence electrons. The van der Waals surface area contributed by atoms with E-state index in [1.54, 1.807) is 7.11 Å². The van der Waals surface area contributed by atoms with E-state index in [9.17, 15) is 4.79 Å². The van der Waals surface area contributed by atoms with Crippen molar-refractivity contribution in [1.82, 2.24) is 30.1 Å². The molecule has 0 saturated heterocycles. The van der Waals surface area contributed by atoms with Crippen molar-refractivity contribution in [1.29, 1.82) is 0 Å². The molecule has 8 heteroatoms. The van der Waals surface area contributed by atoms with Crippen LogP contribution in [0.3, 0.4) is 0 Å². The van der Waals surface area contributed by atoms with Crippen LogP contribution in [0.5, 0.6) is 5.75 Å². The minimum absolute atomic E-state index is 0.0802. The monoisotopic (exact) mass is 488 g/mol. The summed E-state index contributed by atoms with van der Waals surface area (Å²) < 4.78 is 7.30. The van der Waals surface area contributed by atoms with Crippen LogP contribution in [0.25, 0.3) is 10.9 Å². The van der Waals surface area contributed by atoms with Crippen molar-refractivity contribution in [2.45, 2.75) is 59.2 Å². The molecule has 0 spiro atoms. The second kappa shape index (κ2) is 10.6. The Morgan fingerprint density at radius 3 is 2.50 bits per heavy atom. The van der Waals surface area contributed by atoms with Gasteiger partial charge in [-0.15, -0.1) is 5.10 Å². The average molecular weight is 489 g/mol. The Labute approximate surface area is 212 Å². The van der Waals surface area contributed by atoms with E-state index in [1.807, 2.05) is 35.0 Å². The van der Waals surface area contributed by atoms with Crippen LogP contribution in [-0.4, -0.2) is 43.7 Å². The predicted molar refractivity (Wildman–Crippen MR) is 142 cm³/mol. The van der Waals surface area contributed by atoms with Gasteiger partial charge < -0.3 is 9.72 Å². The van der Waals surface area contributed by atoms with Crippen molar-refractivity contribution in [3.05, 3.63) is 81.9 Å². The van der Waals surface area contributed by atoms with Crippen LogP contribution in [0.15, 0.2) is 59.4 Å². The molecule has 4 aromatic rings. The van der Waals surface area contributed by atoms with E-state index < -0.39 is 0 Å². The van der Waals surface area contributed by atoms with Crippen LogP contribution < -0.4 is 10.3 Å². The van der Waals surface area contributed by atoms with E-state index in [0.717, 1.165) is 35.4 Å². The molecule has 0 bridgehead atoms. The molecule has 0 aliphatic carbocycles. The Kier molecular flexibility index (Phi) is 7.54. The number of benzene rings is 2. The van der Waals surface area contributed by atoms with Crippen molar-refractivity contribution in [3.8, 4) is 5.75 Å². The van der Waals surface area contributed by atoms with E-state index >= 15 is 0 Å². The number of rotatable bonds is 9. The number of ether oxygens (including phenoxy) is 1. The van der Waals surface area contributed by atoms with Gasteiger partial charge in [0.25, 0.3) is 5.56 Å². The molecule has 1 N–H and O–H groups in total. The second-order valence-electron chi connectivity index (χ2n) is 10.6. The van der Waals surface area contributed by atoms with E-state index in [2.05, 4.69) is 84.3 Å². The Morgan fingerprint density at radius 1 is 1.08 bits per heavy atom. The van der Waals surface area contributed by atoms with Gasteiger partial charge in [-0.3, -0.25) is 9.69 Å². The van der Waals surface area contributed by atoms with E-state index in [-0.39, 0.29) is 23.1 Å². The Balaban J connectivity index is 1.76. The zero-order valence-corrected chi connectivity index (χ0v) is 22.0. The van der Waals surface area contributed by atoms with E-state index in [0.29, 0.717) is 12.1 Å². The first kappa shape index (κ1) is 25.6. The number of pyridine rings is 1. The van der Waals surface area contributed by atoms with Gasteiger partial charge in [-0.25, -0.2) is 4.68 Å². The van der Waals surface area contributed by atoms with Crippen LogP contribution in [0, 0.1) is 5.92 Å². The fraction of sp³-hybridized carbons (Fsp3) is 0.429. The molecular weight excluding hydrogens is 452 g/mol. The lowest BCUT2D eigenvalue weighted by atomic mass is 9.98. The SMILES string of the molecule is COc1ccc2[nH]c(=O)c(CN(CCc3ccccc3)C(c3nnnn3C(C)(C)C)C(C)C)cc2c1. The summed E-state index contributed by atoms with van der Waals surface area (Å²) in [6.07, 6.45) is 0.848. The van der Waals surface area contributed by atoms with Gasteiger partial charge in [0.2, 0.25) is 0 Å². The lowest BCUT2D eigenvalue weighted by molar-refractivity contribution is 0.129. The summed E-state index contributed by atoms with van der Waals surface area (Å²) in [5.41, 5.74) is 2.38. The normalized spacial score (nSPS) is 13.0. The average Bonchev–Trinajstić information content (AvgIpc) is 3.33. The van der Waals surface area contributed by atoms with Crippen molar-refractivity contribution in [3.63, 3.8) is 0 Å². The molecule has 0 radical (unpaired) electrons. The van der Waals surface area contributed by atoms with E-state index in [1.165, 1.54) is 5.56 Å². The minimum Gasteiger partial charge on any atom is -0.497 e. The smallest absolute Gasteiger partial charge is 0.252 e. The van der Waals surface area contributed by atoms with Crippen molar-refractivity contribution >= 4 is 10.9 Å². The third-order valence-electron chi connectivity index (χ3n) is 6.45. The highest BCUT2D eigenvalue weighted by Crippen LogP contribution is 2.31. The minimum atomic E-state index is -0.270. The number of aromatic nitrogens is 5. The summed E-state index contributed by atoms with van der Waals surface area (Å²) in [5.74, 6) is 1.78. The summed E-state index contributed by atoms with van der Waals surface area (Å²) in [4.78, 5) is 18.5. The van der Waals surface area contributed by atoms with Crippen LogP contribution in [-0.2, 0) is 18.5 Å². The molecule has 36 heavy (non-hydrogen) atoms. The van der Waals surface area contributed by atoms with Gasteiger partial charge in [0.15, 0.2) is 5.82 Å². The highest BCUT2D eigenvalue weighted by atomic mass is 16.5. The van der Waals surface area contributed by atoms with Crippen molar-refractivity contribution < 1.29 is 4.74 Å². The summed E-state index contributed by atoms with van der Waals surface area (Å²) in [6, 6.07) is 18.0. The Bertz CT molecular complexity index is 1350. The highest BCUT2D eigenvalue weighted by molar-refractivity contribution is 5.80. The number of aromatic amines is 1. The molecule has 0 saturated carbocycles. The maximum atomic E-state index is 13.1. The number of hydrogen-bond acceptors (Lipinski definition) is 6. The number of nitrogens with zero attached hydrogens (tertiary/aromatic N) is 5. The largest absolute Gasteiger partial charge is 0.497 e. The number of nitrogens with one attached hydrogen (secondary N) is 1. The maximum absolute atomic E-state index is 13.1. The molecule has 2 heterocycles. The first-order valence-corrected chi connectivity index (χ1v) is 12.4. The van der Waals surface area contributed by atoms with Crippen LogP contribution >= 0.6 is 0 Å². The maximum Gasteiger partial charge on any atom is 0.252 e. The molecule has 4 rings (SSSR count). The van der Waals surface area contributed by atoms with Crippen molar-refractivity contribution in [2.24, 2.45) is 5.92 Å². The zero-order chi connectivity index (χ0) is 25.9. The van der Waals surface area contributed by atoms with Crippen LogP contribution in [0.1, 0.15) is 57.6 Å². The summed E-state index contributed by atoms with van der Waals surface area (Å²) in [7, 11) is 1.64. The topological polar surface area (TPSA) is 88.9 Å². The molecule has 0 fully saturated rings. The predicted octanol–water partition coefficient (Wildman–Crippen LogP) is 4.72. The molecule has 0 aliphatic rings. The third kappa shape index (κ3) is 5.65. The lowest BCUT2D eigenvalue weighted by Gasteiger charge is -2.35. The molecular formula is C28H36N6O2. The fourth-order valence-corrected chi connectivity index (χ4v) is 4.67. The molecule has 0 amide bonds. The van der Waals surface area contributed by atoms with Gasteiger partial charge in [0, 0.05) is 29.6 Å². The van der Waals surface area contributed by atoms with Gasteiger partial charge in [-0.2, -0.15) is 0 Å². The molecule has 2 aromatic carbocycles. The summed E-state index contributed by atoms with van der Waals surface area (Å²) >= 11 is 0. The molecule has 1 unspecified atom stereocenters. The number of methoxy groups -OCH3 is 1. The first-order chi connectivity index (χ1) is 17.2. The number of tetrazole rings is 1. The standard InChI is InChI=1S/C28H36N6O2/c1-19(2)25(26-30-31-32-34(26)28(3,4)5)33(15-14-20-10-8-7-9-11-20)18-22-16-21-17-23(36-6)12-13-24(21)29-27(22)35/h7-13,16-17,19,25H,14-15,18H2,1-6H3,(H,29,35). The quantitative estimate of drug-likeness (QED) is 0.367. The van der Waals surface area contributed by atoms with Crippen molar-refractivity contribution in [2.75, 3.05) is 13.7 Å². The van der Waals surface area contributed by atoms with Gasteiger partial charge in [0.05, 0.1) is 18.7 Å². The molecule has 0 aliphatic heterocycles. The van der Waals surface area contributed by atoms with Crippen LogP contribution in [0.4, 0.5) is 0 Å². The summed E-state index contributed by atoms with van der Waals surface area (Å²) in [6.45, 7) is 11.9. The van der Waals surface area contributed by atoms with Gasteiger partial charge in [-0.1, -0.05) is 44.2 Å².